The minimum atomic E-state index is -0.249. The predicted molar refractivity (Wildman–Crippen MR) is 88.8 cm³/mol. The highest BCUT2D eigenvalue weighted by atomic mass is 32.2. The Morgan fingerprint density at radius 1 is 1.08 bits per heavy atom. The van der Waals surface area contributed by atoms with E-state index in [1.54, 1.807) is 50.6 Å². The molecule has 0 atom stereocenters. The monoisotopic (exact) mass is 346 g/mol. The first kappa shape index (κ1) is 16.3. The van der Waals surface area contributed by atoms with Gasteiger partial charge in [0.05, 0.1) is 19.8 Å². The standard InChI is InChI=1S/C17H15FN2O3S/c1-21-12-7-8-13(15(9-12)22-2)16-19-20-17(23-16)24-10-11-5-3-4-6-14(11)18/h3-9H,10H2,1-2H3. The van der Waals surface area contributed by atoms with Crippen molar-refractivity contribution in [1.82, 2.24) is 10.2 Å². The van der Waals surface area contributed by atoms with E-state index in [2.05, 4.69) is 10.2 Å². The van der Waals surface area contributed by atoms with Crippen molar-refractivity contribution in [3.8, 4) is 23.0 Å². The van der Waals surface area contributed by atoms with Crippen molar-refractivity contribution >= 4 is 11.8 Å². The fourth-order valence-corrected chi connectivity index (χ4v) is 2.86. The molecule has 5 nitrogen and oxygen atoms in total. The van der Waals surface area contributed by atoms with Crippen LogP contribution in [-0.2, 0) is 5.75 Å². The van der Waals surface area contributed by atoms with Gasteiger partial charge in [-0.25, -0.2) is 4.39 Å². The molecule has 24 heavy (non-hydrogen) atoms. The zero-order valence-electron chi connectivity index (χ0n) is 13.2. The first-order valence-electron chi connectivity index (χ1n) is 7.13. The van der Waals surface area contributed by atoms with Gasteiger partial charge in [-0.1, -0.05) is 30.0 Å². The molecular weight excluding hydrogens is 331 g/mol. The van der Waals surface area contributed by atoms with Crippen LogP contribution < -0.4 is 9.47 Å². The molecule has 0 saturated heterocycles. The van der Waals surface area contributed by atoms with Gasteiger partial charge in [0.15, 0.2) is 0 Å². The Balaban J connectivity index is 1.77. The molecule has 3 aromatic rings. The second kappa shape index (κ2) is 7.35. The third-order valence-corrected chi connectivity index (χ3v) is 4.22. The Bertz CT molecular complexity index is 838. The highest BCUT2D eigenvalue weighted by Gasteiger charge is 2.15. The summed E-state index contributed by atoms with van der Waals surface area (Å²) in [6.45, 7) is 0. The number of methoxy groups -OCH3 is 2. The summed E-state index contributed by atoms with van der Waals surface area (Å²) in [6, 6.07) is 11.9. The summed E-state index contributed by atoms with van der Waals surface area (Å²) in [4.78, 5) is 0. The van der Waals surface area contributed by atoms with E-state index >= 15 is 0 Å². The van der Waals surface area contributed by atoms with Crippen LogP contribution in [0.3, 0.4) is 0 Å². The van der Waals surface area contributed by atoms with Gasteiger partial charge in [-0.3, -0.25) is 0 Å². The highest BCUT2D eigenvalue weighted by Crippen LogP contribution is 2.34. The zero-order valence-corrected chi connectivity index (χ0v) is 14.0. The van der Waals surface area contributed by atoms with Crippen LogP contribution in [0.15, 0.2) is 52.1 Å². The van der Waals surface area contributed by atoms with Gasteiger partial charge < -0.3 is 13.9 Å². The van der Waals surface area contributed by atoms with Crippen molar-refractivity contribution in [3.05, 3.63) is 53.8 Å². The van der Waals surface area contributed by atoms with Gasteiger partial charge in [0.2, 0.25) is 0 Å². The lowest BCUT2D eigenvalue weighted by atomic mass is 10.2. The lowest BCUT2D eigenvalue weighted by Crippen LogP contribution is -1.90. The number of hydrogen-bond acceptors (Lipinski definition) is 6. The Labute approximate surface area is 142 Å². The van der Waals surface area contributed by atoms with Gasteiger partial charge in [-0.15, -0.1) is 10.2 Å². The molecule has 2 aromatic carbocycles. The molecule has 124 valence electrons. The van der Waals surface area contributed by atoms with Crippen LogP contribution in [-0.4, -0.2) is 24.4 Å². The van der Waals surface area contributed by atoms with Gasteiger partial charge in [0.1, 0.15) is 17.3 Å². The first-order chi connectivity index (χ1) is 11.7. The van der Waals surface area contributed by atoms with Crippen LogP contribution in [0.4, 0.5) is 4.39 Å². The van der Waals surface area contributed by atoms with E-state index in [4.69, 9.17) is 13.9 Å². The Morgan fingerprint density at radius 3 is 2.67 bits per heavy atom. The quantitative estimate of drug-likeness (QED) is 0.624. The van der Waals surface area contributed by atoms with Crippen molar-refractivity contribution in [3.63, 3.8) is 0 Å². The fraction of sp³-hybridized carbons (Fsp3) is 0.176. The van der Waals surface area contributed by atoms with E-state index in [1.165, 1.54) is 17.8 Å². The molecule has 0 N–H and O–H groups in total. The van der Waals surface area contributed by atoms with Gasteiger partial charge in [-0.05, 0) is 23.8 Å². The molecule has 0 fully saturated rings. The Kier molecular flexibility index (Phi) is 5.00. The summed E-state index contributed by atoms with van der Waals surface area (Å²) in [5.74, 6) is 1.74. The Morgan fingerprint density at radius 2 is 1.92 bits per heavy atom. The number of hydrogen-bond donors (Lipinski definition) is 0. The highest BCUT2D eigenvalue weighted by molar-refractivity contribution is 7.98. The van der Waals surface area contributed by atoms with E-state index < -0.39 is 0 Å². The summed E-state index contributed by atoms with van der Waals surface area (Å²) >= 11 is 1.28. The minimum Gasteiger partial charge on any atom is -0.497 e. The molecule has 0 unspecified atom stereocenters. The molecule has 0 aliphatic heterocycles. The van der Waals surface area contributed by atoms with E-state index in [-0.39, 0.29) is 5.82 Å². The molecular formula is C17H15FN2O3S. The third kappa shape index (κ3) is 3.51. The van der Waals surface area contributed by atoms with E-state index in [0.29, 0.717) is 39.5 Å². The van der Waals surface area contributed by atoms with Gasteiger partial charge in [0.25, 0.3) is 11.1 Å². The van der Waals surface area contributed by atoms with Crippen LogP contribution in [0.2, 0.25) is 0 Å². The number of rotatable bonds is 6. The molecule has 7 heteroatoms. The molecule has 0 aliphatic rings. The summed E-state index contributed by atoms with van der Waals surface area (Å²) in [7, 11) is 3.14. The average molecular weight is 346 g/mol. The lowest BCUT2D eigenvalue weighted by Gasteiger charge is -2.07. The Hall–Kier alpha value is -2.54. The van der Waals surface area contributed by atoms with Crippen molar-refractivity contribution in [2.24, 2.45) is 0 Å². The lowest BCUT2D eigenvalue weighted by molar-refractivity contribution is 0.393. The van der Waals surface area contributed by atoms with Gasteiger partial charge in [-0.2, -0.15) is 0 Å². The number of benzene rings is 2. The van der Waals surface area contributed by atoms with Crippen molar-refractivity contribution in [2.75, 3.05) is 14.2 Å². The van der Waals surface area contributed by atoms with E-state index in [9.17, 15) is 4.39 Å². The summed E-state index contributed by atoms with van der Waals surface area (Å²) in [5, 5.41) is 8.39. The van der Waals surface area contributed by atoms with Crippen molar-refractivity contribution in [1.29, 1.82) is 0 Å². The maximum absolute atomic E-state index is 13.6. The molecule has 0 bridgehead atoms. The molecule has 0 amide bonds. The first-order valence-corrected chi connectivity index (χ1v) is 8.12. The van der Waals surface area contributed by atoms with Crippen molar-refractivity contribution < 1.29 is 18.3 Å². The van der Waals surface area contributed by atoms with Crippen LogP contribution in [0.25, 0.3) is 11.5 Å². The number of aromatic nitrogens is 2. The topological polar surface area (TPSA) is 57.4 Å². The summed E-state index contributed by atoms with van der Waals surface area (Å²) < 4.78 is 29.8. The normalized spacial score (nSPS) is 10.6. The minimum absolute atomic E-state index is 0.249. The number of halogens is 1. The molecule has 0 spiro atoms. The smallest absolute Gasteiger partial charge is 0.277 e. The van der Waals surface area contributed by atoms with E-state index in [1.807, 2.05) is 0 Å². The number of ether oxygens (including phenoxy) is 2. The number of thioether (sulfide) groups is 1. The molecule has 0 radical (unpaired) electrons. The van der Waals surface area contributed by atoms with Crippen LogP contribution in [0, 0.1) is 5.82 Å². The van der Waals surface area contributed by atoms with Gasteiger partial charge >= 0.3 is 0 Å². The maximum atomic E-state index is 13.6. The average Bonchev–Trinajstić information content (AvgIpc) is 3.09. The maximum Gasteiger partial charge on any atom is 0.277 e. The van der Waals surface area contributed by atoms with Crippen molar-refractivity contribution in [2.45, 2.75) is 11.0 Å². The molecule has 0 aliphatic carbocycles. The second-order valence-corrected chi connectivity index (χ2v) is 5.75. The van der Waals surface area contributed by atoms with E-state index in [0.717, 1.165) is 0 Å². The third-order valence-electron chi connectivity index (χ3n) is 3.35. The SMILES string of the molecule is COc1ccc(-c2nnc(SCc3ccccc3F)o2)c(OC)c1. The number of nitrogens with zero attached hydrogens (tertiary/aromatic N) is 2. The molecule has 1 heterocycles. The zero-order chi connectivity index (χ0) is 16.9. The largest absolute Gasteiger partial charge is 0.497 e. The fourth-order valence-electron chi connectivity index (χ4n) is 2.11. The summed E-state index contributed by atoms with van der Waals surface area (Å²) in [6.07, 6.45) is 0. The van der Waals surface area contributed by atoms with Gasteiger partial charge in [0, 0.05) is 11.8 Å². The molecule has 3 rings (SSSR count). The van der Waals surface area contributed by atoms with Crippen LogP contribution >= 0.6 is 11.8 Å². The summed E-state index contributed by atoms with van der Waals surface area (Å²) in [5.41, 5.74) is 1.26. The molecule has 1 aromatic heterocycles. The van der Waals surface area contributed by atoms with Crippen LogP contribution in [0.5, 0.6) is 11.5 Å². The predicted octanol–water partition coefficient (Wildman–Crippen LogP) is 4.19. The second-order valence-electron chi connectivity index (χ2n) is 4.82. The van der Waals surface area contributed by atoms with Crippen LogP contribution in [0.1, 0.15) is 5.56 Å². The molecule has 0 saturated carbocycles.